The maximum atomic E-state index is 12.3. The number of pyridine rings is 1. The minimum Gasteiger partial charge on any atom is -0.481 e. The van der Waals surface area contributed by atoms with Gasteiger partial charge in [-0.2, -0.15) is 0 Å². The number of amides is 1. The normalized spacial score (nSPS) is 21.6. The smallest absolute Gasteiger partial charge is 0.307 e. The Morgan fingerprint density at radius 3 is 2.75 bits per heavy atom. The number of carbonyl (C=O) groups excluding carboxylic acids is 1. The van der Waals surface area contributed by atoms with Gasteiger partial charge in [0.25, 0.3) is 0 Å². The first kappa shape index (κ1) is 14.5. The van der Waals surface area contributed by atoms with E-state index >= 15 is 0 Å². The van der Waals surface area contributed by atoms with E-state index in [2.05, 4.69) is 4.98 Å². The summed E-state index contributed by atoms with van der Waals surface area (Å²) in [5, 5.41) is 9.14. The van der Waals surface area contributed by atoms with Crippen LogP contribution in [0.15, 0.2) is 24.4 Å². The minimum absolute atomic E-state index is 0.0502. The van der Waals surface area contributed by atoms with Gasteiger partial charge in [-0.05, 0) is 25.0 Å². The van der Waals surface area contributed by atoms with Gasteiger partial charge in [0.05, 0.1) is 11.8 Å². The van der Waals surface area contributed by atoms with Crippen molar-refractivity contribution in [1.82, 2.24) is 9.88 Å². The number of nitrogens with zero attached hydrogens (tertiary/aromatic N) is 2. The molecule has 0 aromatic carbocycles. The van der Waals surface area contributed by atoms with Gasteiger partial charge in [0.2, 0.25) is 5.91 Å². The van der Waals surface area contributed by atoms with E-state index in [1.807, 2.05) is 18.2 Å². The van der Waals surface area contributed by atoms with Gasteiger partial charge < -0.3 is 10.0 Å². The van der Waals surface area contributed by atoms with E-state index in [1.54, 1.807) is 18.1 Å². The van der Waals surface area contributed by atoms with Crippen molar-refractivity contribution in [2.75, 3.05) is 13.6 Å². The lowest BCUT2D eigenvalue weighted by atomic mass is 9.95. The highest BCUT2D eigenvalue weighted by molar-refractivity contribution is 5.85. The number of carbonyl (C=O) groups is 2. The molecule has 1 saturated carbocycles. The van der Waals surface area contributed by atoms with Crippen LogP contribution < -0.4 is 0 Å². The van der Waals surface area contributed by atoms with Gasteiger partial charge in [0.15, 0.2) is 0 Å². The van der Waals surface area contributed by atoms with Crippen LogP contribution in [-0.4, -0.2) is 40.5 Å². The molecule has 0 saturated heterocycles. The average molecular weight is 276 g/mol. The maximum Gasteiger partial charge on any atom is 0.307 e. The first-order valence-corrected chi connectivity index (χ1v) is 6.97. The Labute approximate surface area is 118 Å². The summed E-state index contributed by atoms with van der Waals surface area (Å²) in [6, 6.07) is 5.70. The predicted molar refractivity (Wildman–Crippen MR) is 74.0 cm³/mol. The highest BCUT2D eigenvalue weighted by Crippen LogP contribution is 2.33. The summed E-state index contributed by atoms with van der Waals surface area (Å²) in [6.07, 6.45) is 4.53. The molecule has 2 atom stereocenters. The van der Waals surface area contributed by atoms with Crippen LogP contribution in [0.5, 0.6) is 0 Å². The van der Waals surface area contributed by atoms with Gasteiger partial charge in [0, 0.05) is 31.9 Å². The van der Waals surface area contributed by atoms with E-state index < -0.39 is 11.9 Å². The van der Waals surface area contributed by atoms with Gasteiger partial charge in [0.1, 0.15) is 0 Å². The second-order valence-electron chi connectivity index (χ2n) is 5.31. The molecule has 1 aliphatic rings. The van der Waals surface area contributed by atoms with Crippen molar-refractivity contribution in [3.8, 4) is 0 Å². The molecule has 5 heteroatoms. The van der Waals surface area contributed by atoms with E-state index in [1.165, 1.54) is 0 Å². The molecule has 0 bridgehead atoms. The summed E-state index contributed by atoms with van der Waals surface area (Å²) in [6.45, 7) is 0.568. The molecular weight excluding hydrogens is 256 g/mol. The Hall–Kier alpha value is -1.91. The molecule has 1 fully saturated rings. The molecule has 1 heterocycles. The quantitative estimate of drug-likeness (QED) is 0.886. The summed E-state index contributed by atoms with van der Waals surface area (Å²) in [7, 11) is 1.74. The fourth-order valence-corrected chi connectivity index (χ4v) is 2.77. The molecule has 108 valence electrons. The van der Waals surface area contributed by atoms with Crippen molar-refractivity contribution >= 4 is 11.9 Å². The number of rotatable bonds is 5. The first-order valence-electron chi connectivity index (χ1n) is 6.97. The third-order valence-corrected chi connectivity index (χ3v) is 3.96. The van der Waals surface area contributed by atoms with Crippen LogP contribution in [0.2, 0.25) is 0 Å². The lowest BCUT2D eigenvalue weighted by Gasteiger charge is -2.23. The Kier molecular flexibility index (Phi) is 4.71. The highest BCUT2D eigenvalue weighted by Gasteiger charge is 2.38. The molecule has 1 aliphatic carbocycles. The van der Waals surface area contributed by atoms with Crippen LogP contribution >= 0.6 is 0 Å². The van der Waals surface area contributed by atoms with E-state index in [0.29, 0.717) is 25.8 Å². The summed E-state index contributed by atoms with van der Waals surface area (Å²) in [5.74, 6) is -1.77. The van der Waals surface area contributed by atoms with Crippen molar-refractivity contribution in [1.29, 1.82) is 0 Å². The molecule has 1 amide bonds. The summed E-state index contributed by atoms with van der Waals surface area (Å²) >= 11 is 0. The van der Waals surface area contributed by atoms with Crippen molar-refractivity contribution in [3.63, 3.8) is 0 Å². The molecule has 1 N–H and O–H groups in total. The third kappa shape index (κ3) is 3.35. The van der Waals surface area contributed by atoms with Crippen LogP contribution in [-0.2, 0) is 16.0 Å². The minimum atomic E-state index is -0.848. The van der Waals surface area contributed by atoms with E-state index in [0.717, 1.165) is 12.1 Å². The van der Waals surface area contributed by atoms with Gasteiger partial charge in [-0.25, -0.2) is 0 Å². The van der Waals surface area contributed by atoms with Crippen molar-refractivity contribution in [3.05, 3.63) is 30.1 Å². The van der Waals surface area contributed by atoms with Crippen LogP contribution in [0.4, 0.5) is 0 Å². The summed E-state index contributed by atoms with van der Waals surface area (Å²) in [4.78, 5) is 29.3. The fourth-order valence-electron chi connectivity index (χ4n) is 2.77. The monoisotopic (exact) mass is 276 g/mol. The van der Waals surface area contributed by atoms with Crippen molar-refractivity contribution in [2.45, 2.75) is 25.7 Å². The Morgan fingerprint density at radius 1 is 1.35 bits per heavy atom. The number of carboxylic acid groups (broad SMARTS) is 1. The molecule has 0 unspecified atom stereocenters. The lowest BCUT2D eigenvalue weighted by Crippen LogP contribution is -2.37. The fraction of sp³-hybridized carbons (Fsp3) is 0.533. The lowest BCUT2D eigenvalue weighted by molar-refractivity contribution is -0.148. The predicted octanol–water partition coefficient (Wildman–Crippen LogP) is 1.58. The molecule has 0 spiro atoms. The zero-order valence-corrected chi connectivity index (χ0v) is 11.7. The topological polar surface area (TPSA) is 70.5 Å². The standard InChI is InChI=1S/C15H20N2O3/c1-17(10-8-11-5-2-3-9-16-11)14(18)12-6-4-7-13(12)15(19)20/h2-3,5,9,12-13H,4,6-8,10H2,1H3,(H,19,20)/t12-,13+/m1/s1. The van der Waals surface area contributed by atoms with Gasteiger partial charge in [-0.1, -0.05) is 12.5 Å². The number of carboxylic acids is 1. The van der Waals surface area contributed by atoms with Crippen LogP contribution in [0.25, 0.3) is 0 Å². The molecule has 2 rings (SSSR count). The second kappa shape index (κ2) is 6.50. The molecule has 20 heavy (non-hydrogen) atoms. The van der Waals surface area contributed by atoms with E-state index in [-0.39, 0.29) is 11.8 Å². The average Bonchev–Trinajstić information content (AvgIpc) is 2.94. The molecule has 0 aliphatic heterocycles. The Bertz CT molecular complexity index is 475. The largest absolute Gasteiger partial charge is 0.481 e. The van der Waals surface area contributed by atoms with Crippen molar-refractivity contribution in [2.24, 2.45) is 11.8 Å². The number of aliphatic carboxylic acids is 1. The second-order valence-corrected chi connectivity index (χ2v) is 5.31. The Balaban J connectivity index is 1.90. The molecular formula is C15H20N2O3. The van der Waals surface area contributed by atoms with E-state index in [4.69, 9.17) is 5.11 Å². The van der Waals surface area contributed by atoms with Crippen molar-refractivity contribution < 1.29 is 14.7 Å². The highest BCUT2D eigenvalue weighted by atomic mass is 16.4. The number of hydrogen-bond acceptors (Lipinski definition) is 3. The molecule has 5 nitrogen and oxygen atoms in total. The van der Waals surface area contributed by atoms with Crippen LogP contribution in [0.3, 0.4) is 0 Å². The van der Waals surface area contributed by atoms with Gasteiger partial charge >= 0.3 is 5.97 Å². The molecule has 0 radical (unpaired) electrons. The van der Waals surface area contributed by atoms with Gasteiger partial charge in [-0.3, -0.25) is 14.6 Å². The zero-order valence-electron chi connectivity index (χ0n) is 11.7. The van der Waals surface area contributed by atoms with Gasteiger partial charge in [-0.15, -0.1) is 0 Å². The number of hydrogen-bond donors (Lipinski definition) is 1. The van der Waals surface area contributed by atoms with Crippen LogP contribution in [0, 0.1) is 11.8 Å². The third-order valence-electron chi connectivity index (χ3n) is 3.96. The number of aromatic nitrogens is 1. The first-order chi connectivity index (χ1) is 9.59. The number of likely N-dealkylation sites (N-methyl/N-ethyl adjacent to an activating group) is 1. The Morgan fingerprint density at radius 2 is 2.10 bits per heavy atom. The molecule has 1 aromatic rings. The van der Waals surface area contributed by atoms with E-state index in [9.17, 15) is 9.59 Å². The maximum absolute atomic E-state index is 12.3. The summed E-state index contributed by atoms with van der Waals surface area (Å²) in [5.41, 5.74) is 0.938. The SMILES string of the molecule is CN(CCc1ccccn1)C(=O)[C@@H]1CCC[C@@H]1C(=O)O. The zero-order chi connectivity index (χ0) is 14.5. The summed E-state index contributed by atoms with van der Waals surface area (Å²) < 4.78 is 0. The van der Waals surface area contributed by atoms with Crippen LogP contribution in [0.1, 0.15) is 25.0 Å². The molecule has 1 aromatic heterocycles.